The van der Waals surface area contributed by atoms with E-state index in [-0.39, 0.29) is 0 Å². The lowest BCUT2D eigenvalue weighted by atomic mass is 9.87. The number of rotatable bonds is 2. The highest BCUT2D eigenvalue weighted by Crippen LogP contribution is 2.55. The van der Waals surface area contributed by atoms with Gasteiger partial charge in [-0.25, -0.2) is 0 Å². The van der Waals surface area contributed by atoms with Crippen molar-refractivity contribution in [3.05, 3.63) is 35.4 Å². The minimum atomic E-state index is 0.301. The molecule has 2 saturated carbocycles. The molecule has 17 heavy (non-hydrogen) atoms. The summed E-state index contributed by atoms with van der Waals surface area (Å²) in [4.78, 5) is 12.5. The van der Waals surface area contributed by atoms with Crippen molar-refractivity contribution in [1.29, 1.82) is 0 Å². The monoisotopic (exact) mass is 226 g/mol. The van der Waals surface area contributed by atoms with Crippen molar-refractivity contribution in [3.8, 4) is 0 Å². The number of benzene rings is 1. The summed E-state index contributed by atoms with van der Waals surface area (Å²) in [6, 6.07) is 8.57. The second-order valence-corrected chi connectivity index (χ2v) is 6.20. The van der Waals surface area contributed by atoms with E-state index in [2.05, 4.69) is 24.3 Å². The summed E-state index contributed by atoms with van der Waals surface area (Å²) in [5.74, 6) is 3.14. The molecule has 1 heteroatoms. The summed E-state index contributed by atoms with van der Waals surface area (Å²) in [5.41, 5.74) is 2.82. The Morgan fingerprint density at radius 1 is 0.882 bits per heavy atom. The highest BCUT2D eigenvalue weighted by atomic mass is 16.1. The van der Waals surface area contributed by atoms with Crippen LogP contribution in [0.4, 0.5) is 0 Å². The van der Waals surface area contributed by atoms with Crippen LogP contribution in [-0.2, 0) is 17.6 Å². The Bertz CT molecular complexity index is 441. The van der Waals surface area contributed by atoms with Gasteiger partial charge in [-0.05, 0) is 55.1 Å². The zero-order valence-electron chi connectivity index (χ0n) is 10.1. The molecule has 0 radical (unpaired) electrons. The molecular weight excluding hydrogens is 208 g/mol. The fourth-order valence-electron chi connectivity index (χ4n) is 4.04. The van der Waals surface area contributed by atoms with Crippen LogP contribution in [0.2, 0.25) is 0 Å². The fourth-order valence-corrected chi connectivity index (χ4v) is 4.04. The van der Waals surface area contributed by atoms with Crippen molar-refractivity contribution in [2.45, 2.75) is 32.1 Å². The summed E-state index contributed by atoms with van der Waals surface area (Å²) >= 11 is 0. The van der Waals surface area contributed by atoms with Crippen molar-refractivity contribution in [2.24, 2.45) is 23.7 Å². The molecule has 2 unspecified atom stereocenters. The lowest BCUT2D eigenvalue weighted by molar-refractivity contribution is -0.126. The Morgan fingerprint density at radius 3 is 2.06 bits per heavy atom. The van der Waals surface area contributed by atoms with Gasteiger partial charge in [0.15, 0.2) is 0 Å². The highest BCUT2D eigenvalue weighted by Gasteiger charge is 2.49. The number of carbonyl (C=O) groups excluding carboxylic acids is 1. The van der Waals surface area contributed by atoms with E-state index in [4.69, 9.17) is 0 Å². The normalized spacial score (nSPS) is 34.5. The van der Waals surface area contributed by atoms with E-state index in [0.717, 1.165) is 24.7 Å². The van der Waals surface area contributed by atoms with E-state index in [1.54, 1.807) is 0 Å². The molecule has 0 aromatic heterocycles. The molecule has 0 spiro atoms. The molecule has 0 bridgehead atoms. The van der Waals surface area contributed by atoms with Crippen molar-refractivity contribution in [2.75, 3.05) is 0 Å². The third-order valence-corrected chi connectivity index (χ3v) is 5.10. The third kappa shape index (κ3) is 1.55. The highest BCUT2D eigenvalue weighted by molar-refractivity contribution is 5.85. The average molecular weight is 226 g/mol. The average Bonchev–Trinajstić information content (AvgIpc) is 2.81. The molecule has 0 amide bonds. The predicted molar refractivity (Wildman–Crippen MR) is 66.7 cm³/mol. The van der Waals surface area contributed by atoms with Gasteiger partial charge in [0.25, 0.3) is 0 Å². The van der Waals surface area contributed by atoms with Crippen LogP contribution in [0, 0.1) is 23.7 Å². The predicted octanol–water partition coefficient (Wildman–Crippen LogP) is 3.02. The van der Waals surface area contributed by atoms with Gasteiger partial charge in [0.2, 0.25) is 0 Å². The molecule has 3 aliphatic rings. The first-order valence-corrected chi connectivity index (χ1v) is 6.92. The Labute approximate surface area is 102 Å². The molecule has 1 aromatic carbocycles. The summed E-state index contributed by atoms with van der Waals surface area (Å²) in [7, 11) is 0. The molecule has 88 valence electrons. The molecule has 1 nitrogen and oxygen atoms in total. The molecule has 2 atom stereocenters. The van der Waals surface area contributed by atoms with E-state index >= 15 is 0 Å². The number of ketones is 1. The van der Waals surface area contributed by atoms with E-state index in [9.17, 15) is 4.79 Å². The molecule has 0 saturated heterocycles. The van der Waals surface area contributed by atoms with Gasteiger partial charge >= 0.3 is 0 Å². The molecule has 0 aliphatic heterocycles. The number of hydrogen-bond acceptors (Lipinski definition) is 1. The second-order valence-electron chi connectivity index (χ2n) is 6.20. The van der Waals surface area contributed by atoms with Gasteiger partial charge in [0, 0.05) is 11.8 Å². The number of hydrogen-bond donors (Lipinski definition) is 0. The zero-order chi connectivity index (χ0) is 11.4. The van der Waals surface area contributed by atoms with Crippen LogP contribution in [-0.4, -0.2) is 5.78 Å². The summed E-state index contributed by atoms with van der Waals surface area (Å²) < 4.78 is 0. The van der Waals surface area contributed by atoms with Gasteiger partial charge in [0.1, 0.15) is 5.78 Å². The van der Waals surface area contributed by atoms with Gasteiger partial charge in [0.05, 0.1) is 0 Å². The minimum Gasteiger partial charge on any atom is -0.299 e. The molecular formula is C16H18O. The molecule has 0 N–H and O–H groups in total. The molecule has 0 heterocycles. The SMILES string of the molecule is O=C(C1Cc2ccccc2C1)C1CC2CC2C1. The van der Waals surface area contributed by atoms with Gasteiger partial charge in [-0.3, -0.25) is 4.79 Å². The first-order valence-electron chi connectivity index (χ1n) is 6.92. The van der Waals surface area contributed by atoms with Crippen LogP contribution in [0.5, 0.6) is 0 Å². The first-order chi connectivity index (χ1) is 8.31. The van der Waals surface area contributed by atoms with Crippen molar-refractivity contribution in [3.63, 3.8) is 0 Å². The number of carbonyl (C=O) groups is 1. The molecule has 2 fully saturated rings. The maximum absolute atomic E-state index is 12.5. The maximum Gasteiger partial charge on any atom is 0.139 e. The van der Waals surface area contributed by atoms with Gasteiger partial charge in [-0.15, -0.1) is 0 Å². The Morgan fingerprint density at radius 2 is 1.47 bits per heavy atom. The second kappa shape index (κ2) is 3.44. The molecule has 3 aliphatic carbocycles. The Kier molecular flexibility index (Phi) is 2.00. The van der Waals surface area contributed by atoms with Crippen LogP contribution in [0.15, 0.2) is 24.3 Å². The van der Waals surface area contributed by atoms with Gasteiger partial charge in [-0.2, -0.15) is 0 Å². The lowest BCUT2D eigenvalue weighted by Crippen LogP contribution is -2.23. The fraction of sp³-hybridized carbons (Fsp3) is 0.562. The Balaban J connectivity index is 1.49. The van der Waals surface area contributed by atoms with Crippen molar-refractivity contribution in [1.82, 2.24) is 0 Å². The number of fused-ring (bicyclic) bond motifs is 2. The summed E-state index contributed by atoms with van der Waals surface area (Å²) in [6.45, 7) is 0. The molecule has 4 rings (SSSR count). The number of Topliss-reactive ketones (excluding diaryl/α,β-unsaturated/α-hetero) is 1. The van der Waals surface area contributed by atoms with E-state index < -0.39 is 0 Å². The summed E-state index contributed by atoms with van der Waals surface area (Å²) in [5, 5.41) is 0. The molecule has 1 aromatic rings. The van der Waals surface area contributed by atoms with Crippen LogP contribution in [0.25, 0.3) is 0 Å². The summed E-state index contributed by atoms with van der Waals surface area (Å²) in [6.07, 6.45) is 5.82. The standard InChI is InChI=1S/C16H18O/c17-16(15-8-12-7-13(12)9-15)14-5-10-3-1-2-4-11(10)6-14/h1-4,12-15H,5-9H2. The van der Waals surface area contributed by atoms with Gasteiger partial charge in [-0.1, -0.05) is 24.3 Å². The maximum atomic E-state index is 12.5. The zero-order valence-corrected chi connectivity index (χ0v) is 10.1. The van der Waals surface area contributed by atoms with E-state index in [1.165, 1.54) is 30.4 Å². The largest absolute Gasteiger partial charge is 0.299 e. The van der Waals surface area contributed by atoms with Crippen LogP contribution >= 0.6 is 0 Å². The van der Waals surface area contributed by atoms with E-state index in [1.807, 2.05) is 0 Å². The van der Waals surface area contributed by atoms with Crippen LogP contribution in [0.1, 0.15) is 30.4 Å². The first kappa shape index (κ1) is 9.87. The van der Waals surface area contributed by atoms with E-state index in [0.29, 0.717) is 17.6 Å². The topological polar surface area (TPSA) is 17.1 Å². The lowest BCUT2D eigenvalue weighted by Gasteiger charge is -2.15. The van der Waals surface area contributed by atoms with Crippen LogP contribution < -0.4 is 0 Å². The van der Waals surface area contributed by atoms with Crippen molar-refractivity contribution >= 4 is 5.78 Å². The Hall–Kier alpha value is -1.11. The van der Waals surface area contributed by atoms with Gasteiger partial charge < -0.3 is 0 Å². The smallest absolute Gasteiger partial charge is 0.139 e. The quantitative estimate of drug-likeness (QED) is 0.757. The minimum absolute atomic E-state index is 0.301. The van der Waals surface area contributed by atoms with Crippen molar-refractivity contribution < 1.29 is 4.79 Å². The van der Waals surface area contributed by atoms with Crippen LogP contribution in [0.3, 0.4) is 0 Å². The third-order valence-electron chi connectivity index (χ3n) is 5.10.